The molecule has 0 aliphatic carbocycles. The second-order valence-corrected chi connectivity index (χ2v) is 4.16. The Morgan fingerprint density at radius 1 is 1.33 bits per heavy atom. The number of aromatic carboxylic acids is 1. The van der Waals surface area contributed by atoms with Gasteiger partial charge in [0.1, 0.15) is 11.4 Å². The van der Waals surface area contributed by atoms with Gasteiger partial charge in [-0.3, -0.25) is 5.10 Å². The van der Waals surface area contributed by atoms with Gasteiger partial charge in [-0.15, -0.1) is 13.2 Å². The quantitative estimate of drug-likeness (QED) is 0.909. The van der Waals surface area contributed by atoms with Crippen molar-refractivity contribution in [1.82, 2.24) is 10.2 Å². The van der Waals surface area contributed by atoms with Crippen molar-refractivity contribution in [3.05, 3.63) is 35.5 Å². The van der Waals surface area contributed by atoms with E-state index in [2.05, 4.69) is 14.9 Å². The summed E-state index contributed by atoms with van der Waals surface area (Å²) >= 11 is 0. The van der Waals surface area contributed by atoms with Crippen molar-refractivity contribution >= 4 is 5.97 Å². The first-order valence-electron chi connectivity index (χ1n) is 5.98. The summed E-state index contributed by atoms with van der Waals surface area (Å²) in [6.07, 6.45) is -4.33. The zero-order chi connectivity index (χ0) is 15.6. The molecule has 0 spiro atoms. The molecule has 0 fully saturated rings. The highest BCUT2D eigenvalue weighted by Gasteiger charge is 2.31. The molecule has 21 heavy (non-hydrogen) atoms. The number of nitrogens with zero attached hydrogens (tertiary/aromatic N) is 1. The molecule has 2 rings (SSSR count). The van der Waals surface area contributed by atoms with E-state index in [-0.39, 0.29) is 11.4 Å². The van der Waals surface area contributed by atoms with Crippen molar-refractivity contribution in [2.75, 3.05) is 0 Å². The van der Waals surface area contributed by atoms with E-state index in [1.807, 2.05) is 0 Å². The van der Waals surface area contributed by atoms with Gasteiger partial charge in [0.25, 0.3) is 0 Å². The predicted molar refractivity (Wildman–Crippen MR) is 67.0 cm³/mol. The Bertz CT molecular complexity index is 648. The number of rotatable bonds is 4. The molecule has 0 amide bonds. The van der Waals surface area contributed by atoms with Crippen LogP contribution in [0.4, 0.5) is 13.2 Å². The number of aromatic amines is 1. The molecule has 5 nitrogen and oxygen atoms in total. The maximum Gasteiger partial charge on any atom is 0.573 e. The van der Waals surface area contributed by atoms with Crippen molar-refractivity contribution in [3.63, 3.8) is 0 Å². The molecule has 0 bridgehead atoms. The second-order valence-electron chi connectivity index (χ2n) is 4.16. The number of ether oxygens (including phenoxy) is 1. The van der Waals surface area contributed by atoms with Crippen LogP contribution in [0.15, 0.2) is 24.3 Å². The molecule has 0 unspecified atom stereocenters. The Morgan fingerprint density at radius 2 is 1.95 bits per heavy atom. The van der Waals surface area contributed by atoms with E-state index in [4.69, 9.17) is 5.11 Å². The van der Waals surface area contributed by atoms with Crippen molar-refractivity contribution in [3.8, 4) is 17.0 Å². The number of aromatic nitrogens is 2. The third-order valence-corrected chi connectivity index (χ3v) is 2.80. The van der Waals surface area contributed by atoms with Gasteiger partial charge in [-0.25, -0.2) is 4.79 Å². The van der Waals surface area contributed by atoms with Crippen LogP contribution in [0.2, 0.25) is 0 Å². The molecule has 0 atom stereocenters. The van der Waals surface area contributed by atoms with Crippen LogP contribution in [0, 0.1) is 0 Å². The number of H-pyrrole nitrogens is 1. The summed E-state index contributed by atoms with van der Waals surface area (Å²) in [4.78, 5) is 11.0. The van der Waals surface area contributed by atoms with E-state index in [0.717, 1.165) is 12.1 Å². The Kier molecular flexibility index (Phi) is 3.88. The summed E-state index contributed by atoms with van der Waals surface area (Å²) in [7, 11) is 0. The van der Waals surface area contributed by atoms with Gasteiger partial charge in [-0.1, -0.05) is 6.92 Å². The number of carbonyl (C=O) groups is 1. The third kappa shape index (κ3) is 3.33. The number of carboxylic acid groups (broad SMARTS) is 1. The van der Waals surface area contributed by atoms with E-state index in [1.165, 1.54) is 12.1 Å². The van der Waals surface area contributed by atoms with E-state index in [1.54, 1.807) is 6.92 Å². The lowest BCUT2D eigenvalue weighted by molar-refractivity contribution is -0.274. The number of hydrogen-bond donors (Lipinski definition) is 2. The van der Waals surface area contributed by atoms with Crippen molar-refractivity contribution in [2.45, 2.75) is 19.7 Å². The summed E-state index contributed by atoms with van der Waals surface area (Å²) in [6, 6.07) is 5.08. The SMILES string of the molecule is CCc1c(-c2ccc(OC(F)(F)F)cc2)n[nH]c1C(=O)O. The zero-order valence-corrected chi connectivity index (χ0v) is 10.9. The average molecular weight is 300 g/mol. The minimum Gasteiger partial charge on any atom is -0.477 e. The Hall–Kier alpha value is -2.51. The van der Waals surface area contributed by atoms with Crippen LogP contribution >= 0.6 is 0 Å². The fourth-order valence-electron chi connectivity index (χ4n) is 1.94. The fraction of sp³-hybridized carbons (Fsp3) is 0.231. The molecular formula is C13H11F3N2O3. The maximum atomic E-state index is 12.1. The Balaban J connectivity index is 2.33. The van der Waals surface area contributed by atoms with Crippen LogP contribution < -0.4 is 4.74 Å². The van der Waals surface area contributed by atoms with E-state index >= 15 is 0 Å². The van der Waals surface area contributed by atoms with E-state index < -0.39 is 12.3 Å². The molecule has 1 heterocycles. The van der Waals surface area contributed by atoms with Crippen LogP contribution in [0.3, 0.4) is 0 Å². The lowest BCUT2D eigenvalue weighted by Crippen LogP contribution is -2.16. The van der Waals surface area contributed by atoms with E-state index in [9.17, 15) is 18.0 Å². The molecule has 0 saturated carbocycles. The molecular weight excluding hydrogens is 289 g/mol. The lowest BCUT2D eigenvalue weighted by atomic mass is 10.0. The van der Waals surface area contributed by atoms with Gasteiger partial charge in [0, 0.05) is 11.1 Å². The highest BCUT2D eigenvalue weighted by molar-refractivity contribution is 5.89. The number of halogens is 3. The number of hydrogen-bond acceptors (Lipinski definition) is 3. The van der Waals surface area contributed by atoms with Crippen LogP contribution in [0.5, 0.6) is 5.75 Å². The van der Waals surface area contributed by atoms with Gasteiger partial charge < -0.3 is 9.84 Å². The molecule has 1 aromatic carbocycles. The van der Waals surface area contributed by atoms with Crippen LogP contribution in [-0.4, -0.2) is 27.6 Å². The molecule has 2 N–H and O–H groups in total. The number of benzene rings is 1. The first kappa shape index (κ1) is 14.9. The largest absolute Gasteiger partial charge is 0.573 e. The first-order valence-corrected chi connectivity index (χ1v) is 5.98. The minimum atomic E-state index is -4.75. The standard InChI is InChI=1S/C13H11F3N2O3/c1-2-9-10(17-18-11(9)12(19)20)7-3-5-8(6-4-7)21-13(14,15)16/h3-6H,2H2,1H3,(H,17,18)(H,19,20). The first-order chi connectivity index (χ1) is 9.81. The molecule has 0 radical (unpaired) electrons. The fourth-order valence-corrected chi connectivity index (χ4v) is 1.94. The summed E-state index contributed by atoms with van der Waals surface area (Å²) in [5, 5.41) is 15.3. The zero-order valence-electron chi connectivity index (χ0n) is 10.9. The highest BCUT2D eigenvalue weighted by Crippen LogP contribution is 2.28. The summed E-state index contributed by atoms with van der Waals surface area (Å²) in [6.45, 7) is 1.77. The smallest absolute Gasteiger partial charge is 0.477 e. The van der Waals surface area contributed by atoms with Gasteiger partial charge >= 0.3 is 12.3 Å². The van der Waals surface area contributed by atoms with Gasteiger partial charge in [0.05, 0.1) is 5.69 Å². The Labute approximate surface area is 117 Å². The molecule has 8 heteroatoms. The average Bonchev–Trinajstić information content (AvgIpc) is 2.81. The molecule has 112 valence electrons. The van der Waals surface area contributed by atoms with Crippen LogP contribution in [-0.2, 0) is 6.42 Å². The number of carboxylic acids is 1. The van der Waals surface area contributed by atoms with E-state index in [0.29, 0.717) is 23.2 Å². The van der Waals surface area contributed by atoms with Gasteiger partial charge in [-0.2, -0.15) is 5.10 Å². The summed E-state index contributed by atoms with van der Waals surface area (Å²) < 4.78 is 40.0. The molecule has 0 aliphatic rings. The van der Waals surface area contributed by atoms with Crippen LogP contribution in [0.25, 0.3) is 11.3 Å². The highest BCUT2D eigenvalue weighted by atomic mass is 19.4. The lowest BCUT2D eigenvalue weighted by Gasteiger charge is -2.09. The maximum absolute atomic E-state index is 12.1. The molecule has 0 saturated heterocycles. The number of alkyl halides is 3. The van der Waals surface area contributed by atoms with Crippen molar-refractivity contribution in [2.24, 2.45) is 0 Å². The van der Waals surface area contributed by atoms with Gasteiger partial charge in [0.2, 0.25) is 0 Å². The number of nitrogens with one attached hydrogen (secondary N) is 1. The predicted octanol–water partition coefficient (Wildman–Crippen LogP) is 3.24. The van der Waals surface area contributed by atoms with Gasteiger partial charge in [0.15, 0.2) is 0 Å². The molecule has 2 aromatic rings. The van der Waals surface area contributed by atoms with Crippen molar-refractivity contribution in [1.29, 1.82) is 0 Å². The van der Waals surface area contributed by atoms with Crippen molar-refractivity contribution < 1.29 is 27.8 Å². The Morgan fingerprint density at radius 3 is 2.43 bits per heavy atom. The molecule has 1 aromatic heterocycles. The minimum absolute atomic E-state index is 0.0249. The topological polar surface area (TPSA) is 75.2 Å². The van der Waals surface area contributed by atoms with Crippen LogP contribution in [0.1, 0.15) is 23.0 Å². The normalized spacial score (nSPS) is 11.4. The monoisotopic (exact) mass is 300 g/mol. The van der Waals surface area contributed by atoms with Gasteiger partial charge in [-0.05, 0) is 30.7 Å². The summed E-state index contributed by atoms with van der Waals surface area (Å²) in [5.74, 6) is -1.49. The summed E-state index contributed by atoms with van der Waals surface area (Å²) in [5.41, 5.74) is 1.37. The second kappa shape index (κ2) is 5.47. The third-order valence-electron chi connectivity index (χ3n) is 2.80. The molecule has 0 aliphatic heterocycles.